The van der Waals surface area contributed by atoms with Crippen LogP contribution in [0.4, 0.5) is 4.79 Å². The molecule has 0 atom stereocenters. The highest BCUT2D eigenvalue weighted by Gasteiger charge is 2.54. The second-order valence-electron chi connectivity index (χ2n) is 6.72. The Hall–Kier alpha value is -3.45. The van der Waals surface area contributed by atoms with Gasteiger partial charge in [0.1, 0.15) is 0 Å². The van der Waals surface area contributed by atoms with E-state index in [1.54, 1.807) is 35.6 Å². The molecule has 2 N–H and O–H groups in total. The monoisotopic (exact) mass is 405 g/mol. The molecule has 0 saturated carbocycles. The highest BCUT2D eigenvalue weighted by molar-refractivity contribution is 7.07. The van der Waals surface area contributed by atoms with Gasteiger partial charge in [0, 0.05) is 6.42 Å². The number of rotatable bonds is 6. The first-order chi connectivity index (χ1) is 14.1. The first-order valence-corrected chi connectivity index (χ1v) is 10.1. The largest absolute Gasteiger partial charge is 0.344 e. The average Bonchev–Trinajstić information content (AvgIpc) is 3.36. The van der Waals surface area contributed by atoms with Crippen molar-refractivity contribution in [1.29, 1.82) is 0 Å². The summed E-state index contributed by atoms with van der Waals surface area (Å²) in [7, 11) is 0. The number of carbonyl (C=O) groups is 3. The van der Waals surface area contributed by atoms with Crippen LogP contribution in [0, 0.1) is 0 Å². The molecular weight excluding hydrogens is 386 g/mol. The van der Waals surface area contributed by atoms with Crippen molar-refractivity contribution >= 4 is 29.2 Å². The predicted molar refractivity (Wildman–Crippen MR) is 110 cm³/mol. The van der Waals surface area contributed by atoms with Crippen molar-refractivity contribution in [3.05, 3.63) is 94.2 Å². The number of aryl methyl sites for hydroxylation is 1. The Bertz CT molecular complexity index is 980. The Morgan fingerprint density at radius 3 is 2.14 bits per heavy atom. The standard InChI is InChI=1S/C22H19N3O3S/c26-19(12-11-16-13-14-29-15-16)24-25-20(27)22(23-21(25)28,17-7-3-1-4-8-17)18-9-5-2-6-10-18/h1-10,13-15H,11-12H2,(H,23,28)(H,24,26). The van der Waals surface area contributed by atoms with E-state index in [0.717, 1.165) is 10.6 Å². The molecule has 7 heteroatoms. The van der Waals surface area contributed by atoms with Gasteiger partial charge in [-0.2, -0.15) is 16.3 Å². The van der Waals surface area contributed by atoms with Crippen LogP contribution in [0.5, 0.6) is 0 Å². The van der Waals surface area contributed by atoms with E-state index < -0.39 is 23.4 Å². The summed E-state index contributed by atoms with van der Waals surface area (Å²) in [6.45, 7) is 0. The molecule has 0 bridgehead atoms. The van der Waals surface area contributed by atoms with E-state index in [0.29, 0.717) is 17.5 Å². The van der Waals surface area contributed by atoms with Gasteiger partial charge < -0.3 is 5.32 Å². The van der Waals surface area contributed by atoms with E-state index in [1.165, 1.54) is 0 Å². The van der Waals surface area contributed by atoms with Crippen LogP contribution in [0.25, 0.3) is 0 Å². The van der Waals surface area contributed by atoms with Crippen LogP contribution in [0.1, 0.15) is 23.1 Å². The zero-order valence-corrected chi connectivity index (χ0v) is 16.3. The van der Waals surface area contributed by atoms with Gasteiger partial charge in [-0.15, -0.1) is 0 Å². The molecular formula is C22H19N3O3S. The van der Waals surface area contributed by atoms with Crippen LogP contribution in [-0.4, -0.2) is 22.9 Å². The number of hydrazine groups is 1. The minimum atomic E-state index is -1.39. The molecule has 4 amide bonds. The molecule has 1 aliphatic heterocycles. The van der Waals surface area contributed by atoms with Crippen LogP contribution in [-0.2, 0) is 21.5 Å². The Morgan fingerprint density at radius 2 is 1.59 bits per heavy atom. The number of urea groups is 1. The molecule has 3 aromatic rings. The summed E-state index contributed by atoms with van der Waals surface area (Å²) in [4.78, 5) is 38.5. The number of thiophene rings is 1. The molecule has 1 aliphatic rings. The molecule has 0 radical (unpaired) electrons. The quantitative estimate of drug-likeness (QED) is 0.618. The van der Waals surface area contributed by atoms with Crippen LogP contribution >= 0.6 is 11.3 Å². The first-order valence-electron chi connectivity index (χ1n) is 9.19. The molecule has 0 aliphatic carbocycles. The summed E-state index contributed by atoms with van der Waals surface area (Å²) in [5.74, 6) is -0.930. The lowest BCUT2D eigenvalue weighted by molar-refractivity contribution is -0.138. The lowest BCUT2D eigenvalue weighted by atomic mass is 9.83. The fraction of sp³-hybridized carbons (Fsp3) is 0.136. The zero-order chi connectivity index (χ0) is 20.3. The lowest BCUT2D eigenvalue weighted by Gasteiger charge is -2.27. The average molecular weight is 405 g/mol. The molecule has 146 valence electrons. The van der Waals surface area contributed by atoms with Gasteiger partial charge in [0.05, 0.1) is 0 Å². The third-order valence-electron chi connectivity index (χ3n) is 4.89. The second kappa shape index (κ2) is 7.89. The van der Waals surface area contributed by atoms with Gasteiger partial charge in [-0.3, -0.25) is 15.0 Å². The van der Waals surface area contributed by atoms with Crippen LogP contribution in [0.3, 0.4) is 0 Å². The number of imide groups is 1. The molecule has 0 unspecified atom stereocenters. The summed E-state index contributed by atoms with van der Waals surface area (Å²) >= 11 is 1.56. The first kappa shape index (κ1) is 18.9. The number of nitrogens with zero attached hydrogens (tertiary/aromatic N) is 1. The topological polar surface area (TPSA) is 78.5 Å². The maximum absolute atomic E-state index is 13.4. The highest BCUT2D eigenvalue weighted by Crippen LogP contribution is 2.35. The van der Waals surface area contributed by atoms with Gasteiger partial charge in [0.2, 0.25) is 5.91 Å². The van der Waals surface area contributed by atoms with E-state index in [9.17, 15) is 14.4 Å². The van der Waals surface area contributed by atoms with Crippen molar-refractivity contribution in [2.45, 2.75) is 18.4 Å². The van der Waals surface area contributed by atoms with E-state index in [1.807, 2.05) is 53.2 Å². The van der Waals surface area contributed by atoms with E-state index in [4.69, 9.17) is 0 Å². The second-order valence-corrected chi connectivity index (χ2v) is 7.50. The molecule has 1 aromatic heterocycles. The van der Waals surface area contributed by atoms with E-state index in [2.05, 4.69) is 10.7 Å². The highest BCUT2D eigenvalue weighted by atomic mass is 32.1. The number of nitrogens with one attached hydrogen (secondary N) is 2. The van der Waals surface area contributed by atoms with Crippen molar-refractivity contribution in [3.63, 3.8) is 0 Å². The molecule has 29 heavy (non-hydrogen) atoms. The van der Waals surface area contributed by atoms with Gasteiger partial charge in [0.15, 0.2) is 5.54 Å². The van der Waals surface area contributed by atoms with Crippen LogP contribution < -0.4 is 10.7 Å². The maximum Gasteiger partial charge on any atom is 0.344 e. The fourth-order valence-corrected chi connectivity index (χ4v) is 4.14. The number of amides is 4. The molecule has 1 saturated heterocycles. The number of benzene rings is 2. The summed E-state index contributed by atoms with van der Waals surface area (Å²) < 4.78 is 0. The number of hydrogen-bond donors (Lipinski definition) is 2. The number of hydrogen-bond acceptors (Lipinski definition) is 4. The molecule has 4 rings (SSSR count). The SMILES string of the molecule is O=C(CCc1ccsc1)NN1C(=O)NC(c2ccccc2)(c2ccccc2)C1=O. The minimum Gasteiger partial charge on any atom is -0.314 e. The Balaban J connectivity index is 1.61. The molecule has 0 spiro atoms. The normalized spacial score (nSPS) is 15.2. The predicted octanol–water partition coefficient (Wildman–Crippen LogP) is 3.21. The fourth-order valence-electron chi connectivity index (χ4n) is 3.44. The molecule has 2 aromatic carbocycles. The van der Waals surface area contributed by atoms with Crippen molar-refractivity contribution in [3.8, 4) is 0 Å². The molecule has 1 fully saturated rings. The number of carbonyl (C=O) groups excluding carboxylic acids is 3. The van der Waals surface area contributed by atoms with Crippen LogP contribution in [0.15, 0.2) is 77.5 Å². The summed E-state index contributed by atoms with van der Waals surface area (Å²) in [6.07, 6.45) is 0.721. The Kier molecular flexibility index (Phi) is 5.14. The summed E-state index contributed by atoms with van der Waals surface area (Å²) in [5.41, 5.74) is 3.38. The van der Waals surface area contributed by atoms with Crippen LogP contribution in [0.2, 0.25) is 0 Å². The third-order valence-corrected chi connectivity index (χ3v) is 5.62. The van der Waals surface area contributed by atoms with E-state index in [-0.39, 0.29) is 6.42 Å². The van der Waals surface area contributed by atoms with Crippen molar-refractivity contribution in [2.24, 2.45) is 0 Å². The smallest absolute Gasteiger partial charge is 0.314 e. The van der Waals surface area contributed by atoms with Crippen molar-refractivity contribution in [2.75, 3.05) is 0 Å². The van der Waals surface area contributed by atoms with Crippen molar-refractivity contribution < 1.29 is 14.4 Å². The maximum atomic E-state index is 13.4. The zero-order valence-electron chi connectivity index (χ0n) is 15.5. The van der Waals surface area contributed by atoms with Gasteiger partial charge in [-0.05, 0) is 39.9 Å². The lowest BCUT2D eigenvalue weighted by Crippen LogP contribution is -2.49. The summed E-state index contributed by atoms with van der Waals surface area (Å²) in [6, 6.07) is 19.3. The van der Waals surface area contributed by atoms with Crippen molar-refractivity contribution in [1.82, 2.24) is 15.8 Å². The Morgan fingerprint density at radius 1 is 0.966 bits per heavy atom. The van der Waals surface area contributed by atoms with Gasteiger partial charge >= 0.3 is 6.03 Å². The van der Waals surface area contributed by atoms with Gasteiger partial charge in [-0.1, -0.05) is 60.7 Å². The van der Waals surface area contributed by atoms with E-state index >= 15 is 0 Å². The Labute approximate surface area is 172 Å². The summed E-state index contributed by atoms with van der Waals surface area (Å²) in [5, 5.41) is 7.50. The van der Waals surface area contributed by atoms with Gasteiger partial charge in [0.25, 0.3) is 5.91 Å². The van der Waals surface area contributed by atoms with Gasteiger partial charge in [-0.25, -0.2) is 4.79 Å². The third kappa shape index (κ3) is 3.52. The minimum absolute atomic E-state index is 0.178. The molecule has 2 heterocycles. The molecule has 6 nitrogen and oxygen atoms in total.